The number of amides is 1. The molecule has 5 heterocycles. The molecule has 0 bridgehead atoms. The van der Waals surface area contributed by atoms with Crippen LogP contribution < -0.4 is 24.6 Å². The highest BCUT2D eigenvalue weighted by Crippen LogP contribution is 2.50. The van der Waals surface area contributed by atoms with Crippen LogP contribution in [0.15, 0.2) is 89.5 Å². The molecule has 16 nitrogen and oxygen atoms in total. The molecule has 21 heteroatoms. The molecule has 0 spiro atoms. The SMILES string of the molecule is CC(C)([C@@H]1CCC(CN2CCN(c3ccc(C(=O)NS(=O)(=O)c4ccc(NC[C@H]5COCCO5)c([N+](=O)[O-])c4)c(N4CCCOc5nc6[nH]ccc6cc54)c3)CC2)=C(c2ccc(Cl)cc2)CC1)C(F)(F)F. The highest BCUT2D eigenvalue weighted by molar-refractivity contribution is 7.90. The lowest BCUT2D eigenvalue weighted by atomic mass is 9.74. The lowest BCUT2D eigenvalue weighted by Crippen LogP contribution is -2.47. The Morgan fingerprint density at radius 1 is 0.944 bits per heavy atom. The molecule has 1 amide bonds. The smallest absolute Gasteiger partial charge is 0.394 e. The third-order valence-electron chi connectivity index (χ3n) is 14.2. The van der Waals surface area contributed by atoms with Gasteiger partial charge in [-0.15, -0.1) is 0 Å². The van der Waals surface area contributed by atoms with Gasteiger partial charge < -0.3 is 34.3 Å². The molecular weight excluding hydrogens is 965 g/mol. The number of piperazine rings is 1. The molecular formula is C50H56ClF3N8O8S. The number of hydrogen-bond acceptors (Lipinski definition) is 13. The fourth-order valence-electron chi connectivity index (χ4n) is 9.94. The minimum absolute atomic E-state index is 0.0301. The number of allylic oxidation sites excluding steroid dienone is 1. The molecule has 0 saturated carbocycles. The monoisotopic (exact) mass is 1020 g/mol. The first-order valence-corrected chi connectivity index (χ1v) is 25.6. The van der Waals surface area contributed by atoms with Crippen molar-refractivity contribution in [3.63, 3.8) is 0 Å². The first-order chi connectivity index (χ1) is 33.9. The van der Waals surface area contributed by atoms with E-state index in [-0.39, 0.29) is 23.9 Å². The topological polar surface area (TPSA) is 185 Å². The minimum atomic E-state index is -4.66. The largest absolute Gasteiger partial charge is 0.476 e. The predicted octanol–water partition coefficient (Wildman–Crippen LogP) is 9.35. The number of anilines is 4. The Balaban J connectivity index is 0.978. The Bertz CT molecular complexity index is 2920. The van der Waals surface area contributed by atoms with E-state index in [9.17, 15) is 36.5 Å². The first-order valence-electron chi connectivity index (χ1n) is 23.8. The normalized spacial score (nSPS) is 19.7. The van der Waals surface area contributed by atoms with Crippen molar-refractivity contribution >= 4 is 72.6 Å². The summed E-state index contributed by atoms with van der Waals surface area (Å²) in [4.78, 5) is 39.7. The summed E-state index contributed by atoms with van der Waals surface area (Å²) >= 11 is 6.25. The van der Waals surface area contributed by atoms with Crippen LogP contribution in [-0.4, -0.2) is 119 Å². The zero-order chi connectivity index (χ0) is 50.1. The van der Waals surface area contributed by atoms with Crippen LogP contribution in [0.5, 0.6) is 5.88 Å². The van der Waals surface area contributed by atoms with Crippen molar-refractivity contribution in [3.8, 4) is 5.88 Å². The lowest BCUT2D eigenvalue weighted by molar-refractivity contribution is -0.384. The van der Waals surface area contributed by atoms with Crippen LogP contribution in [-0.2, 0) is 19.5 Å². The Morgan fingerprint density at radius 2 is 1.72 bits per heavy atom. The van der Waals surface area contributed by atoms with E-state index in [1.165, 1.54) is 26.0 Å². The zero-order valence-corrected chi connectivity index (χ0v) is 41.0. The van der Waals surface area contributed by atoms with Crippen molar-refractivity contribution < 1.29 is 45.5 Å². The van der Waals surface area contributed by atoms with E-state index in [2.05, 4.69) is 24.8 Å². The molecule has 9 rings (SSSR count). The minimum Gasteiger partial charge on any atom is -0.476 e. The number of nitrogens with zero attached hydrogens (tertiary/aromatic N) is 5. The van der Waals surface area contributed by atoms with E-state index in [1.54, 1.807) is 18.3 Å². The standard InChI is InChI=1S/C50H56ClF3N8O8S/c1-49(2,50(52,53)54)35-7-4-34(40(13-8-35)32-5-9-36(51)10-6-32)30-59-19-21-60(22-20-59)37-11-14-41(43(27-37)61-18-3-23-70-48-45(61)26-33-16-17-55-46(33)57-48)47(63)58-71(66,67)39-12-15-42(44(28-39)62(64)65)56-29-38-31-68-24-25-69-38/h5-6,9-12,14-17,26-28,35,38,56H,3-4,7-8,13,18-25,29-31H2,1-2H3,(H,55,57)(H,58,63)/t35-,38+/m1/s1. The van der Waals surface area contributed by atoms with Gasteiger partial charge in [-0.2, -0.15) is 18.2 Å². The lowest BCUT2D eigenvalue weighted by Gasteiger charge is -2.38. The molecule has 4 aliphatic rings. The highest BCUT2D eigenvalue weighted by Gasteiger charge is 2.52. The molecule has 0 unspecified atom stereocenters. The number of carbonyl (C=O) groups is 1. The number of aromatic amines is 1. The van der Waals surface area contributed by atoms with Gasteiger partial charge in [0.05, 0.1) is 59.0 Å². The van der Waals surface area contributed by atoms with E-state index in [1.807, 2.05) is 47.4 Å². The van der Waals surface area contributed by atoms with Crippen molar-refractivity contribution in [2.75, 3.05) is 87.4 Å². The van der Waals surface area contributed by atoms with Crippen LogP contribution in [0.25, 0.3) is 16.6 Å². The molecule has 2 atom stereocenters. The summed E-state index contributed by atoms with van der Waals surface area (Å²) in [5, 5.41) is 16.5. The van der Waals surface area contributed by atoms with Crippen LogP contribution in [0.4, 0.5) is 41.6 Å². The van der Waals surface area contributed by atoms with Gasteiger partial charge in [-0.25, -0.2) is 13.1 Å². The van der Waals surface area contributed by atoms with Crippen molar-refractivity contribution in [1.82, 2.24) is 19.6 Å². The summed E-state index contributed by atoms with van der Waals surface area (Å²) in [5.74, 6) is -1.16. The van der Waals surface area contributed by atoms with E-state index < -0.39 is 48.9 Å². The van der Waals surface area contributed by atoms with Gasteiger partial charge in [0.2, 0.25) is 5.88 Å². The van der Waals surface area contributed by atoms with Crippen LogP contribution in [0.2, 0.25) is 5.02 Å². The van der Waals surface area contributed by atoms with Crippen LogP contribution >= 0.6 is 11.6 Å². The number of fused-ring (bicyclic) bond motifs is 2. The number of nitro groups is 1. The van der Waals surface area contributed by atoms with Gasteiger partial charge in [0.25, 0.3) is 21.6 Å². The number of ether oxygens (including phenoxy) is 3. The maximum absolute atomic E-state index is 14.4. The molecule has 3 N–H and O–H groups in total. The van der Waals surface area contributed by atoms with Crippen molar-refractivity contribution in [3.05, 3.63) is 111 Å². The van der Waals surface area contributed by atoms with Gasteiger partial charge in [-0.05, 0) is 104 Å². The van der Waals surface area contributed by atoms with E-state index in [0.717, 1.165) is 33.8 Å². The predicted molar refractivity (Wildman–Crippen MR) is 265 cm³/mol. The molecule has 71 heavy (non-hydrogen) atoms. The van der Waals surface area contributed by atoms with Gasteiger partial charge in [0, 0.05) is 74.2 Å². The summed E-state index contributed by atoms with van der Waals surface area (Å²) in [6.45, 7) is 7.72. The summed E-state index contributed by atoms with van der Waals surface area (Å²) in [6.07, 6.45) is -0.465. The van der Waals surface area contributed by atoms with Crippen molar-refractivity contribution in [2.24, 2.45) is 11.3 Å². The Hall–Kier alpha value is -5.93. The summed E-state index contributed by atoms with van der Waals surface area (Å²) in [6, 6.07) is 19.9. The maximum atomic E-state index is 14.4. The highest BCUT2D eigenvalue weighted by atomic mass is 35.5. The molecule has 3 aromatic carbocycles. The van der Waals surface area contributed by atoms with Gasteiger partial charge >= 0.3 is 6.18 Å². The Labute approximate surface area is 414 Å². The number of H-pyrrole nitrogens is 1. The Kier molecular flexibility index (Phi) is 14.6. The number of halogens is 4. The summed E-state index contributed by atoms with van der Waals surface area (Å²) in [5.41, 5.74) is 3.30. The number of sulfonamides is 1. The molecule has 378 valence electrons. The number of rotatable bonds is 13. The van der Waals surface area contributed by atoms with Crippen LogP contribution in [0, 0.1) is 21.4 Å². The molecule has 1 aliphatic carbocycles. The fourth-order valence-corrected chi connectivity index (χ4v) is 11.1. The average molecular weight is 1020 g/mol. The molecule has 2 aromatic heterocycles. The molecule has 3 aliphatic heterocycles. The van der Waals surface area contributed by atoms with E-state index >= 15 is 0 Å². The molecule has 2 saturated heterocycles. The number of carbonyl (C=O) groups excluding carboxylic acids is 1. The average Bonchev–Trinajstić information content (AvgIpc) is 3.57. The second-order valence-electron chi connectivity index (χ2n) is 18.9. The molecule has 0 radical (unpaired) electrons. The second kappa shape index (κ2) is 20.7. The maximum Gasteiger partial charge on any atom is 0.394 e. The number of aromatic nitrogens is 2. The van der Waals surface area contributed by atoms with E-state index in [0.29, 0.717) is 126 Å². The first kappa shape index (κ1) is 50.0. The number of alkyl halides is 3. The number of hydrogen-bond donors (Lipinski definition) is 3. The van der Waals surface area contributed by atoms with Crippen molar-refractivity contribution in [2.45, 2.75) is 63.1 Å². The van der Waals surface area contributed by atoms with Gasteiger partial charge in [-0.1, -0.05) is 43.2 Å². The third-order valence-corrected chi connectivity index (χ3v) is 15.8. The number of pyridine rings is 1. The Morgan fingerprint density at radius 3 is 2.45 bits per heavy atom. The number of nitrogens with one attached hydrogen (secondary N) is 3. The summed E-state index contributed by atoms with van der Waals surface area (Å²) in [7, 11) is -4.66. The van der Waals surface area contributed by atoms with Gasteiger partial charge in [-0.3, -0.25) is 19.8 Å². The summed E-state index contributed by atoms with van der Waals surface area (Å²) < 4.78 is 90.1. The second-order valence-corrected chi connectivity index (χ2v) is 21.1. The molecule has 5 aromatic rings. The van der Waals surface area contributed by atoms with Crippen LogP contribution in [0.1, 0.15) is 61.9 Å². The fraction of sp³-hybridized carbons (Fsp3) is 0.440. The van der Waals surface area contributed by atoms with Gasteiger partial charge in [0.15, 0.2) is 0 Å². The number of benzene rings is 3. The quantitative estimate of drug-likeness (QED) is 0.0750. The zero-order valence-electron chi connectivity index (χ0n) is 39.4. The third kappa shape index (κ3) is 11.0. The van der Waals surface area contributed by atoms with Crippen molar-refractivity contribution in [1.29, 1.82) is 0 Å². The molecule has 2 fully saturated rings. The van der Waals surface area contributed by atoms with Crippen LogP contribution in [0.3, 0.4) is 0 Å². The van der Waals surface area contributed by atoms with Gasteiger partial charge in [0.1, 0.15) is 17.0 Å². The number of nitro benzene ring substituents is 1. The van der Waals surface area contributed by atoms with E-state index in [4.69, 9.17) is 30.8 Å².